The van der Waals surface area contributed by atoms with Crippen molar-refractivity contribution >= 4 is 22.4 Å². The average Bonchev–Trinajstić information content (AvgIpc) is 2.80. The molecule has 0 spiro atoms. The van der Waals surface area contributed by atoms with Gasteiger partial charge in [-0.05, 0) is 18.1 Å². The molecule has 1 amide bonds. The van der Waals surface area contributed by atoms with Crippen LogP contribution in [0.5, 0.6) is 0 Å². The number of rotatable bonds is 3. The highest BCUT2D eigenvalue weighted by Crippen LogP contribution is 2.31. The molecule has 2 rings (SSSR count). The van der Waals surface area contributed by atoms with Crippen LogP contribution in [0.2, 0.25) is 0 Å². The molecule has 0 aliphatic rings. The minimum Gasteiger partial charge on any atom is -0.302 e. The molecule has 0 radical (unpaired) electrons. The van der Waals surface area contributed by atoms with Crippen LogP contribution in [0.3, 0.4) is 0 Å². The van der Waals surface area contributed by atoms with E-state index in [1.165, 1.54) is 0 Å². The van der Waals surface area contributed by atoms with E-state index < -0.39 is 11.9 Å². The Labute approximate surface area is 117 Å². The molecule has 0 saturated heterocycles. The van der Waals surface area contributed by atoms with E-state index in [9.17, 15) is 18.0 Å². The fourth-order valence-corrected chi connectivity index (χ4v) is 2.34. The number of thiazole rings is 1. The topological polar surface area (TPSA) is 42.0 Å². The van der Waals surface area contributed by atoms with Crippen molar-refractivity contribution in [2.24, 2.45) is 0 Å². The fourth-order valence-electron chi connectivity index (χ4n) is 1.61. The Balaban J connectivity index is 2.02. The molecule has 1 N–H and O–H groups in total. The van der Waals surface area contributed by atoms with Gasteiger partial charge in [0.15, 0.2) is 10.8 Å². The largest absolute Gasteiger partial charge is 0.434 e. The molecule has 0 unspecified atom stereocenters. The summed E-state index contributed by atoms with van der Waals surface area (Å²) < 4.78 is 37.1. The van der Waals surface area contributed by atoms with Gasteiger partial charge in [0.1, 0.15) is 0 Å². The molecular formula is C13H11F3N2OS. The summed E-state index contributed by atoms with van der Waals surface area (Å²) in [6.45, 7) is 1.87. The van der Waals surface area contributed by atoms with Gasteiger partial charge in [0.2, 0.25) is 5.91 Å². The Morgan fingerprint density at radius 1 is 1.35 bits per heavy atom. The van der Waals surface area contributed by atoms with Crippen molar-refractivity contribution in [3.63, 3.8) is 0 Å². The lowest BCUT2D eigenvalue weighted by atomic mass is 10.1. The first-order chi connectivity index (χ1) is 9.36. The van der Waals surface area contributed by atoms with E-state index in [2.05, 4.69) is 10.3 Å². The van der Waals surface area contributed by atoms with Crippen LogP contribution in [-0.2, 0) is 17.4 Å². The maximum atomic E-state index is 12.4. The first-order valence-corrected chi connectivity index (χ1v) is 6.61. The van der Waals surface area contributed by atoms with Crippen molar-refractivity contribution in [1.82, 2.24) is 4.98 Å². The summed E-state index contributed by atoms with van der Waals surface area (Å²) in [4.78, 5) is 15.1. The summed E-state index contributed by atoms with van der Waals surface area (Å²) in [6, 6.07) is 7.33. The molecule has 0 fully saturated rings. The van der Waals surface area contributed by atoms with Gasteiger partial charge < -0.3 is 5.32 Å². The number of carbonyl (C=O) groups is 1. The highest BCUT2D eigenvalue weighted by molar-refractivity contribution is 7.13. The van der Waals surface area contributed by atoms with Crippen molar-refractivity contribution < 1.29 is 18.0 Å². The maximum absolute atomic E-state index is 12.4. The number of hydrogen-bond acceptors (Lipinski definition) is 3. The van der Waals surface area contributed by atoms with E-state index in [0.717, 1.165) is 27.8 Å². The number of anilines is 1. The minimum absolute atomic E-state index is 0.0455. The quantitative estimate of drug-likeness (QED) is 0.940. The van der Waals surface area contributed by atoms with E-state index >= 15 is 0 Å². The van der Waals surface area contributed by atoms with Crippen molar-refractivity contribution in [1.29, 1.82) is 0 Å². The molecule has 2 aromatic rings. The predicted molar refractivity (Wildman–Crippen MR) is 70.6 cm³/mol. The number of aryl methyl sites for hydroxylation is 1. The van der Waals surface area contributed by atoms with Gasteiger partial charge in [0, 0.05) is 5.38 Å². The maximum Gasteiger partial charge on any atom is 0.434 e. The van der Waals surface area contributed by atoms with Crippen LogP contribution in [-0.4, -0.2) is 10.9 Å². The predicted octanol–water partition coefficient (Wildman–Crippen LogP) is 3.65. The number of nitrogens with one attached hydrogen (secondary N) is 1. The molecule has 0 bridgehead atoms. The Morgan fingerprint density at radius 3 is 2.65 bits per heavy atom. The zero-order valence-electron chi connectivity index (χ0n) is 10.5. The molecule has 1 heterocycles. The van der Waals surface area contributed by atoms with Gasteiger partial charge in [-0.2, -0.15) is 13.2 Å². The zero-order valence-corrected chi connectivity index (χ0v) is 11.3. The van der Waals surface area contributed by atoms with Crippen LogP contribution in [0.25, 0.3) is 0 Å². The van der Waals surface area contributed by atoms with Gasteiger partial charge in [0.25, 0.3) is 0 Å². The standard InChI is InChI=1S/C13H11F3N2OS/c1-8-4-2-3-5-9(8)6-11(19)18-12-17-10(7-20-12)13(14,15)16/h2-5,7H,6H2,1H3,(H,17,18,19). The van der Waals surface area contributed by atoms with E-state index in [1.807, 2.05) is 19.1 Å². The second-order valence-corrected chi connectivity index (χ2v) is 5.05. The van der Waals surface area contributed by atoms with Gasteiger partial charge in [-0.3, -0.25) is 4.79 Å². The molecular weight excluding hydrogens is 289 g/mol. The van der Waals surface area contributed by atoms with Crippen molar-refractivity contribution in [2.75, 3.05) is 5.32 Å². The average molecular weight is 300 g/mol. The Kier molecular flexibility index (Phi) is 4.08. The van der Waals surface area contributed by atoms with Crippen LogP contribution in [0.15, 0.2) is 29.6 Å². The number of halogens is 3. The molecule has 7 heteroatoms. The van der Waals surface area contributed by atoms with Gasteiger partial charge in [-0.25, -0.2) is 4.98 Å². The van der Waals surface area contributed by atoms with Gasteiger partial charge >= 0.3 is 6.18 Å². The summed E-state index contributed by atoms with van der Waals surface area (Å²) in [5.74, 6) is -0.387. The number of hydrogen-bond donors (Lipinski definition) is 1. The zero-order chi connectivity index (χ0) is 14.8. The van der Waals surface area contributed by atoms with Gasteiger partial charge in [-0.15, -0.1) is 11.3 Å². The third-order valence-electron chi connectivity index (χ3n) is 2.65. The highest BCUT2D eigenvalue weighted by Gasteiger charge is 2.33. The lowest BCUT2D eigenvalue weighted by Gasteiger charge is -2.05. The summed E-state index contributed by atoms with van der Waals surface area (Å²) in [6.07, 6.45) is -4.39. The third-order valence-corrected chi connectivity index (χ3v) is 3.41. The number of benzene rings is 1. The number of nitrogens with zero attached hydrogens (tertiary/aromatic N) is 1. The molecule has 0 atom stereocenters. The molecule has 3 nitrogen and oxygen atoms in total. The van der Waals surface area contributed by atoms with Crippen LogP contribution in [0, 0.1) is 6.92 Å². The second kappa shape index (κ2) is 5.62. The molecule has 1 aromatic carbocycles. The van der Waals surface area contributed by atoms with E-state index in [-0.39, 0.29) is 17.5 Å². The van der Waals surface area contributed by atoms with Crippen LogP contribution >= 0.6 is 11.3 Å². The minimum atomic E-state index is -4.49. The Bertz CT molecular complexity index is 622. The van der Waals surface area contributed by atoms with Crippen LogP contribution in [0.4, 0.5) is 18.3 Å². The summed E-state index contributed by atoms with van der Waals surface area (Å²) >= 11 is 0.756. The molecule has 0 saturated carbocycles. The molecule has 1 aromatic heterocycles. The molecule has 0 aliphatic heterocycles. The van der Waals surface area contributed by atoms with Gasteiger partial charge in [0.05, 0.1) is 6.42 Å². The normalized spacial score (nSPS) is 11.4. The number of alkyl halides is 3. The van der Waals surface area contributed by atoms with E-state index in [0.29, 0.717) is 0 Å². The summed E-state index contributed by atoms with van der Waals surface area (Å²) in [5.41, 5.74) is 0.795. The number of carbonyl (C=O) groups excluding carboxylic acids is 1. The summed E-state index contributed by atoms with van der Waals surface area (Å²) in [7, 11) is 0. The lowest BCUT2D eigenvalue weighted by Crippen LogP contribution is -2.15. The molecule has 20 heavy (non-hydrogen) atoms. The first-order valence-electron chi connectivity index (χ1n) is 5.73. The monoisotopic (exact) mass is 300 g/mol. The van der Waals surface area contributed by atoms with Gasteiger partial charge in [-0.1, -0.05) is 24.3 Å². The molecule has 0 aliphatic carbocycles. The first kappa shape index (κ1) is 14.5. The van der Waals surface area contributed by atoms with E-state index in [1.54, 1.807) is 12.1 Å². The van der Waals surface area contributed by atoms with Crippen molar-refractivity contribution in [3.8, 4) is 0 Å². The number of aromatic nitrogens is 1. The Morgan fingerprint density at radius 2 is 2.05 bits per heavy atom. The highest BCUT2D eigenvalue weighted by atomic mass is 32.1. The van der Waals surface area contributed by atoms with Crippen LogP contribution in [0.1, 0.15) is 16.8 Å². The molecule has 106 valence electrons. The van der Waals surface area contributed by atoms with Crippen LogP contribution < -0.4 is 5.32 Å². The lowest BCUT2D eigenvalue weighted by molar-refractivity contribution is -0.140. The van der Waals surface area contributed by atoms with E-state index in [4.69, 9.17) is 0 Å². The second-order valence-electron chi connectivity index (χ2n) is 4.19. The van der Waals surface area contributed by atoms with Crippen molar-refractivity contribution in [3.05, 3.63) is 46.5 Å². The van der Waals surface area contributed by atoms with Crippen molar-refractivity contribution in [2.45, 2.75) is 19.5 Å². The third kappa shape index (κ3) is 3.57. The fraction of sp³-hybridized carbons (Fsp3) is 0.231. The Hall–Kier alpha value is -1.89. The summed E-state index contributed by atoms with van der Waals surface area (Å²) in [5, 5.41) is 3.21. The smallest absolute Gasteiger partial charge is 0.302 e. The SMILES string of the molecule is Cc1ccccc1CC(=O)Nc1nc(C(F)(F)F)cs1. The number of amides is 1.